The molecule has 1 aliphatic heterocycles. The second kappa shape index (κ2) is 5.62. The molecular weight excluding hydrogens is 272 g/mol. The minimum Gasteiger partial charge on any atom is -0.494 e. The summed E-state index contributed by atoms with van der Waals surface area (Å²) in [6.07, 6.45) is 7.65. The van der Waals surface area contributed by atoms with E-state index >= 15 is 0 Å². The number of nitrogens with one attached hydrogen (secondary N) is 1. The molecule has 0 atom stereocenters. The van der Waals surface area contributed by atoms with Gasteiger partial charge in [-0.1, -0.05) is 32.3 Å². The second-order valence-electron chi connectivity index (χ2n) is 6.89. The fourth-order valence-electron chi connectivity index (χ4n) is 4.38. The van der Waals surface area contributed by atoms with Crippen molar-refractivity contribution in [3.63, 3.8) is 0 Å². The second-order valence-corrected chi connectivity index (χ2v) is 6.89. The topological polar surface area (TPSA) is 37.2 Å². The van der Waals surface area contributed by atoms with Gasteiger partial charge in [0, 0.05) is 36.1 Å². The van der Waals surface area contributed by atoms with Crippen LogP contribution in [-0.4, -0.2) is 16.2 Å². The van der Waals surface area contributed by atoms with Gasteiger partial charge in [-0.15, -0.1) is 0 Å². The van der Waals surface area contributed by atoms with E-state index in [1.807, 2.05) is 0 Å². The maximum Gasteiger partial charge on any atom is 0.199 e. The lowest BCUT2D eigenvalue weighted by atomic mass is 9.81. The Bertz CT molecular complexity index is 695. The van der Waals surface area contributed by atoms with E-state index < -0.39 is 0 Å². The average molecular weight is 298 g/mol. The Morgan fingerprint density at radius 1 is 1.23 bits per heavy atom. The third kappa shape index (κ3) is 2.14. The number of aryl methyl sites for hydroxylation is 1. The van der Waals surface area contributed by atoms with E-state index in [-0.39, 0.29) is 0 Å². The highest BCUT2D eigenvalue weighted by Gasteiger charge is 2.25. The normalized spacial score (nSPS) is 19.5. The molecular formula is C19H26N2O. The first-order chi connectivity index (χ1) is 10.8. The summed E-state index contributed by atoms with van der Waals surface area (Å²) >= 11 is 0. The van der Waals surface area contributed by atoms with Crippen LogP contribution in [0.4, 0.5) is 0 Å². The number of aromatic hydroxyl groups is 1. The summed E-state index contributed by atoms with van der Waals surface area (Å²) in [5, 5.41) is 16.7. The third-order valence-electron chi connectivity index (χ3n) is 5.60. The minimum atomic E-state index is 0.509. The predicted octanol–water partition coefficient (Wildman–Crippen LogP) is 4.06. The fourth-order valence-corrected chi connectivity index (χ4v) is 4.38. The molecule has 118 valence electrons. The molecule has 0 unspecified atom stereocenters. The van der Waals surface area contributed by atoms with Gasteiger partial charge in [-0.25, -0.2) is 0 Å². The lowest BCUT2D eigenvalue weighted by Crippen LogP contribution is -2.27. The molecule has 0 saturated heterocycles. The number of hydrogen-bond acceptors (Lipinski definition) is 2. The first-order valence-electron chi connectivity index (χ1n) is 8.87. The van der Waals surface area contributed by atoms with Crippen LogP contribution in [0.15, 0.2) is 12.1 Å². The van der Waals surface area contributed by atoms with Crippen LogP contribution in [0.5, 0.6) is 5.88 Å². The van der Waals surface area contributed by atoms with Crippen LogP contribution < -0.4 is 5.32 Å². The molecule has 0 spiro atoms. The van der Waals surface area contributed by atoms with Crippen molar-refractivity contribution in [1.29, 1.82) is 0 Å². The summed E-state index contributed by atoms with van der Waals surface area (Å²) in [4.78, 5) is 0. The molecule has 0 amide bonds. The van der Waals surface area contributed by atoms with Gasteiger partial charge in [-0.3, -0.25) is 0 Å². The molecule has 1 aliphatic carbocycles. The predicted molar refractivity (Wildman–Crippen MR) is 90.5 cm³/mol. The molecule has 1 aromatic carbocycles. The van der Waals surface area contributed by atoms with Crippen molar-refractivity contribution in [3.05, 3.63) is 29.0 Å². The number of aromatic nitrogens is 1. The van der Waals surface area contributed by atoms with Crippen LogP contribution in [-0.2, 0) is 19.5 Å². The van der Waals surface area contributed by atoms with Gasteiger partial charge < -0.3 is 15.0 Å². The summed E-state index contributed by atoms with van der Waals surface area (Å²) in [6.45, 7) is 4.92. The van der Waals surface area contributed by atoms with Crippen molar-refractivity contribution < 1.29 is 5.11 Å². The quantitative estimate of drug-likeness (QED) is 0.877. The smallest absolute Gasteiger partial charge is 0.199 e. The molecule has 22 heavy (non-hydrogen) atoms. The molecule has 1 saturated carbocycles. The molecule has 1 aromatic heterocycles. The van der Waals surface area contributed by atoms with Crippen molar-refractivity contribution in [3.8, 4) is 5.88 Å². The Morgan fingerprint density at radius 2 is 2.05 bits per heavy atom. The van der Waals surface area contributed by atoms with Gasteiger partial charge >= 0.3 is 0 Å². The van der Waals surface area contributed by atoms with Crippen molar-refractivity contribution in [2.45, 2.75) is 64.5 Å². The van der Waals surface area contributed by atoms with Gasteiger partial charge in [0.25, 0.3) is 0 Å². The SMILES string of the molecule is CCc1cc(C2CCCCC2)c2c(O)n3c(c2c1)CNCC3. The molecule has 3 nitrogen and oxygen atoms in total. The summed E-state index contributed by atoms with van der Waals surface area (Å²) in [5.41, 5.74) is 4.09. The van der Waals surface area contributed by atoms with Crippen LogP contribution >= 0.6 is 0 Å². The average Bonchev–Trinajstić information content (AvgIpc) is 2.88. The maximum absolute atomic E-state index is 10.8. The summed E-state index contributed by atoms with van der Waals surface area (Å²) in [5.74, 6) is 1.14. The highest BCUT2D eigenvalue weighted by atomic mass is 16.3. The van der Waals surface area contributed by atoms with Gasteiger partial charge in [-0.05, 0) is 42.4 Å². The molecule has 2 aliphatic rings. The van der Waals surface area contributed by atoms with E-state index in [1.54, 1.807) is 0 Å². The molecule has 4 rings (SSSR count). The number of benzene rings is 1. The van der Waals surface area contributed by atoms with Crippen LogP contribution in [0.25, 0.3) is 10.8 Å². The van der Waals surface area contributed by atoms with Crippen LogP contribution in [0.3, 0.4) is 0 Å². The Balaban J connectivity index is 1.95. The third-order valence-corrected chi connectivity index (χ3v) is 5.60. The number of fused-ring (bicyclic) bond motifs is 3. The lowest BCUT2D eigenvalue weighted by Gasteiger charge is -2.23. The fraction of sp³-hybridized carbons (Fsp3) is 0.579. The zero-order valence-corrected chi connectivity index (χ0v) is 13.5. The Morgan fingerprint density at radius 3 is 2.82 bits per heavy atom. The number of nitrogens with zero attached hydrogens (tertiary/aromatic N) is 1. The van der Waals surface area contributed by atoms with E-state index in [1.165, 1.54) is 54.3 Å². The largest absolute Gasteiger partial charge is 0.494 e. The summed E-state index contributed by atoms with van der Waals surface area (Å²) in [6, 6.07) is 4.68. The first-order valence-corrected chi connectivity index (χ1v) is 8.87. The van der Waals surface area contributed by atoms with Crippen molar-refractivity contribution in [2.75, 3.05) is 6.54 Å². The lowest BCUT2D eigenvalue weighted by molar-refractivity contribution is 0.395. The Labute approximate surface area is 132 Å². The molecule has 3 heteroatoms. The van der Waals surface area contributed by atoms with Crippen molar-refractivity contribution >= 4 is 10.8 Å². The van der Waals surface area contributed by atoms with E-state index in [0.717, 1.165) is 31.4 Å². The Hall–Kier alpha value is -1.48. The van der Waals surface area contributed by atoms with Crippen molar-refractivity contribution in [2.24, 2.45) is 0 Å². The van der Waals surface area contributed by atoms with E-state index in [9.17, 15) is 5.11 Å². The van der Waals surface area contributed by atoms with Gasteiger partial charge in [0.15, 0.2) is 5.88 Å². The summed E-state index contributed by atoms with van der Waals surface area (Å²) < 4.78 is 2.13. The van der Waals surface area contributed by atoms with Crippen molar-refractivity contribution in [1.82, 2.24) is 9.88 Å². The van der Waals surface area contributed by atoms with Crippen LogP contribution in [0.2, 0.25) is 0 Å². The maximum atomic E-state index is 10.8. The van der Waals surface area contributed by atoms with Gasteiger partial charge in [-0.2, -0.15) is 0 Å². The van der Waals surface area contributed by atoms with Gasteiger partial charge in [0.1, 0.15) is 0 Å². The van der Waals surface area contributed by atoms with E-state index in [4.69, 9.17) is 0 Å². The molecule has 2 aromatic rings. The monoisotopic (exact) mass is 298 g/mol. The van der Waals surface area contributed by atoms with E-state index in [0.29, 0.717) is 11.8 Å². The van der Waals surface area contributed by atoms with Gasteiger partial charge in [0.2, 0.25) is 0 Å². The zero-order valence-electron chi connectivity index (χ0n) is 13.5. The first kappa shape index (κ1) is 14.1. The Kier molecular flexibility index (Phi) is 3.61. The minimum absolute atomic E-state index is 0.509. The standard InChI is InChI=1S/C19H26N2O/c1-2-13-10-15(14-6-4-3-5-7-14)18-16(11-13)17-12-20-8-9-21(17)19(18)22/h10-11,14,20,22H,2-9,12H2,1H3. The summed E-state index contributed by atoms with van der Waals surface area (Å²) in [7, 11) is 0. The van der Waals surface area contributed by atoms with Crippen LogP contribution in [0.1, 0.15) is 61.8 Å². The molecule has 2 heterocycles. The molecule has 0 bridgehead atoms. The van der Waals surface area contributed by atoms with Crippen LogP contribution in [0, 0.1) is 0 Å². The molecule has 0 radical (unpaired) electrons. The number of hydrogen-bond donors (Lipinski definition) is 2. The number of rotatable bonds is 2. The zero-order chi connectivity index (χ0) is 15.1. The molecule has 2 N–H and O–H groups in total. The highest BCUT2D eigenvalue weighted by Crippen LogP contribution is 2.43. The molecule has 1 fully saturated rings. The highest BCUT2D eigenvalue weighted by molar-refractivity contribution is 5.95. The van der Waals surface area contributed by atoms with Gasteiger partial charge in [0.05, 0.1) is 0 Å². The van der Waals surface area contributed by atoms with E-state index in [2.05, 4.69) is 28.9 Å².